The van der Waals surface area contributed by atoms with Gasteiger partial charge in [-0.25, -0.2) is 14.4 Å². The van der Waals surface area contributed by atoms with E-state index in [4.69, 9.17) is 17.3 Å². The Kier molecular flexibility index (Phi) is 3.07. The summed E-state index contributed by atoms with van der Waals surface area (Å²) in [6.45, 7) is 0. The van der Waals surface area contributed by atoms with Crippen molar-refractivity contribution in [1.82, 2.24) is 9.97 Å². The van der Waals surface area contributed by atoms with E-state index < -0.39 is 16.4 Å². The zero-order valence-electron chi connectivity index (χ0n) is 8.80. The third-order valence-electron chi connectivity index (χ3n) is 2.17. The first-order valence-electron chi connectivity index (χ1n) is 4.71. The van der Waals surface area contributed by atoms with E-state index in [1.807, 2.05) is 0 Å². The van der Waals surface area contributed by atoms with Gasteiger partial charge in [-0.05, 0) is 18.2 Å². The van der Waals surface area contributed by atoms with Crippen molar-refractivity contribution < 1.29 is 9.31 Å². The fraction of sp³-hybridized carbons (Fsp3) is 0. The van der Waals surface area contributed by atoms with Gasteiger partial charge >= 0.3 is 5.69 Å². The Labute approximate surface area is 105 Å². The molecule has 8 heteroatoms. The first-order chi connectivity index (χ1) is 8.49. The predicted molar refractivity (Wildman–Crippen MR) is 63.5 cm³/mol. The van der Waals surface area contributed by atoms with Crippen molar-refractivity contribution in [2.45, 2.75) is 0 Å². The van der Waals surface area contributed by atoms with Gasteiger partial charge in [0.05, 0.1) is 9.95 Å². The Hall–Kier alpha value is -2.28. The van der Waals surface area contributed by atoms with Crippen LogP contribution in [0.2, 0.25) is 5.02 Å². The highest BCUT2D eigenvalue weighted by Gasteiger charge is 2.20. The number of nitrogen functional groups attached to an aromatic ring is 1. The van der Waals surface area contributed by atoms with Crippen LogP contribution in [0.5, 0.6) is 0 Å². The molecule has 1 heterocycles. The van der Waals surface area contributed by atoms with Gasteiger partial charge in [-0.1, -0.05) is 11.6 Å². The lowest BCUT2D eigenvalue weighted by atomic mass is 10.1. The zero-order chi connectivity index (χ0) is 13.3. The van der Waals surface area contributed by atoms with E-state index >= 15 is 0 Å². The van der Waals surface area contributed by atoms with Crippen molar-refractivity contribution in [3.05, 3.63) is 45.4 Å². The van der Waals surface area contributed by atoms with Crippen molar-refractivity contribution in [2.75, 3.05) is 5.73 Å². The van der Waals surface area contributed by atoms with Crippen molar-refractivity contribution in [3.8, 4) is 11.3 Å². The number of halogens is 2. The fourth-order valence-electron chi connectivity index (χ4n) is 1.40. The second-order valence-electron chi connectivity index (χ2n) is 3.34. The number of aromatic nitrogens is 2. The first kappa shape index (κ1) is 12.2. The molecule has 18 heavy (non-hydrogen) atoms. The molecule has 2 N–H and O–H groups in total. The van der Waals surface area contributed by atoms with E-state index in [9.17, 15) is 14.5 Å². The van der Waals surface area contributed by atoms with Crippen molar-refractivity contribution in [1.29, 1.82) is 0 Å². The molecule has 2 rings (SSSR count). The summed E-state index contributed by atoms with van der Waals surface area (Å²) in [6, 6.07) is 3.48. The number of nitrogens with two attached hydrogens (primary N) is 1. The zero-order valence-corrected chi connectivity index (χ0v) is 9.56. The summed E-state index contributed by atoms with van der Waals surface area (Å²) >= 11 is 5.87. The standard InChI is InChI=1S/C10H6ClFN4O2/c11-7-2-1-5(12)3-6(7)9-8(16(17)18)4-14-10(13)15-9/h1-4H,(H2,13,14,15). The summed E-state index contributed by atoms with van der Waals surface area (Å²) < 4.78 is 13.2. The third kappa shape index (κ3) is 2.21. The van der Waals surface area contributed by atoms with E-state index in [2.05, 4.69) is 9.97 Å². The molecule has 0 bridgehead atoms. The van der Waals surface area contributed by atoms with Crippen LogP contribution in [0.3, 0.4) is 0 Å². The SMILES string of the molecule is Nc1ncc([N+](=O)[O-])c(-c2cc(F)ccc2Cl)n1. The van der Waals surface area contributed by atoms with Gasteiger partial charge in [0.2, 0.25) is 5.95 Å². The molecule has 0 aliphatic rings. The summed E-state index contributed by atoms with van der Waals surface area (Å²) in [5.41, 5.74) is 4.96. The third-order valence-corrected chi connectivity index (χ3v) is 2.50. The predicted octanol–water partition coefficient (Wildman–Crippen LogP) is 2.43. The van der Waals surface area contributed by atoms with Crippen LogP contribution in [0, 0.1) is 15.9 Å². The second-order valence-corrected chi connectivity index (χ2v) is 3.75. The Morgan fingerprint density at radius 3 is 2.83 bits per heavy atom. The van der Waals surface area contributed by atoms with E-state index in [1.54, 1.807) is 0 Å². The van der Waals surface area contributed by atoms with E-state index in [-0.39, 0.29) is 22.2 Å². The van der Waals surface area contributed by atoms with Crippen LogP contribution in [-0.4, -0.2) is 14.9 Å². The van der Waals surface area contributed by atoms with Gasteiger partial charge in [0.1, 0.15) is 12.0 Å². The number of hydrogen-bond acceptors (Lipinski definition) is 5. The smallest absolute Gasteiger partial charge is 0.313 e. The number of benzene rings is 1. The molecular weight excluding hydrogens is 263 g/mol. The van der Waals surface area contributed by atoms with Gasteiger partial charge in [-0.3, -0.25) is 10.1 Å². The molecule has 0 amide bonds. The number of nitro groups is 1. The van der Waals surface area contributed by atoms with Crippen LogP contribution in [-0.2, 0) is 0 Å². The molecule has 0 aliphatic heterocycles. The number of nitrogens with zero attached hydrogens (tertiary/aromatic N) is 3. The monoisotopic (exact) mass is 268 g/mol. The summed E-state index contributed by atoms with van der Waals surface area (Å²) in [6.07, 6.45) is 0.957. The topological polar surface area (TPSA) is 94.9 Å². The number of rotatable bonds is 2. The van der Waals surface area contributed by atoms with Crippen molar-refractivity contribution in [3.63, 3.8) is 0 Å². The van der Waals surface area contributed by atoms with Crippen LogP contribution >= 0.6 is 11.6 Å². The van der Waals surface area contributed by atoms with Crippen LogP contribution in [0.1, 0.15) is 0 Å². The molecule has 0 fully saturated rings. The summed E-state index contributed by atoms with van der Waals surface area (Å²) in [7, 11) is 0. The van der Waals surface area contributed by atoms with E-state index in [1.165, 1.54) is 6.07 Å². The lowest BCUT2D eigenvalue weighted by molar-refractivity contribution is -0.384. The molecule has 0 atom stereocenters. The van der Waals surface area contributed by atoms with Gasteiger partial charge in [-0.15, -0.1) is 0 Å². The summed E-state index contributed by atoms with van der Waals surface area (Å²) in [5.74, 6) is -0.739. The van der Waals surface area contributed by atoms with Gasteiger partial charge in [0.15, 0.2) is 5.69 Å². The van der Waals surface area contributed by atoms with E-state index in [0.29, 0.717) is 0 Å². The van der Waals surface area contributed by atoms with Crippen LogP contribution in [0.15, 0.2) is 24.4 Å². The van der Waals surface area contributed by atoms with Crippen LogP contribution < -0.4 is 5.73 Å². The number of anilines is 1. The van der Waals surface area contributed by atoms with Crippen LogP contribution in [0.4, 0.5) is 16.0 Å². The average molecular weight is 269 g/mol. The molecule has 1 aromatic carbocycles. The molecule has 0 spiro atoms. The Morgan fingerprint density at radius 1 is 1.44 bits per heavy atom. The molecule has 2 aromatic rings. The Morgan fingerprint density at radius 2 is 2.17 bits per heavy atom. The highest BCUT2D eigenvalue weighted by Crippen LogP contribution is 2.33. The molecule has 6 nitrogen and oxygen atoms in total. The maximum Gasteiger partial charge on any atom is 0.313 e. The van der Waals surface area contributed by atoms with Crippen molar-refractivity contribution in [2.24, 2.45) is 0 Å². The average Bonchev–Trinajstić information content (AvgIpc) is 2.31. The lowest BCUT2D eigenvalue weighted by Crippen LogP contribution is -2.01. The minimum atomic E-state index is -0.685. The normalized spacial score (nSPS) is 10.3. The number of hydrogen-bond donors (Lipinski definition) is 1. The summed E-state index contributed by atoms with van der Waals surface area (Å²) in [4.78, 5) is 17.4. The minimum absolute atomic E-state index is 0.0949. The molecule has 0 unspecified atom stereocenters. The molecule has 0 radical (unpaired) electrons. The maximum atomic E-state index is 13.2. The first-order valence-corrected chi connectivity index (χ1v) is 5.09. The van der Waals surface area contributed by atoms with Gasteiger partial charge in [0, 0.05) is 5.56 Å². The van der Waals surface area contributed by atoms with Gasteiger partial charge in [-0.2, -0.15) is 0 Å². The quantitative estimate of drug-likeness (QED) is 0.666. The minimum Gasteiger partial charge on any atom is -0.368 e. The molecule has 92 valence electrons. The Bertz CT molecular complexity index is 635. The second kappa shape index (κ2) is 4.53. The fourth-order valence-corrected chi connectivity index (χ4v) is 1.61. The van der Waals surface area contributed by atoms with Gasteiger partial charge < -0.3 is 5.73 Å². The van der Waals surface area contributed by atoms with Gasteiger partial charge in [0.25, 0.3) is 0 Å². The molecule has 0 saturated heterocycles. The van der Waals surface area contributed by atoms with Crippen LogP contribution in [0.25, 0.3) is 11.3 Å². The highest BCUT2D eigenvalue weighted by atomic mass is 35.5. The van der Waals surface area contributed by atoms with E-state index in [0.717, 1.165) is 18.3 Å². The largest absolute Gasteiger partial charge is 0.368 e. The summed E-state index contributed by atoms with van der Waals surface area (Å²) in [5, 5.41) is 11.0. The highest BCUT2D eigenvalue weighted by molar-refractivity contribution is 6.33. The maximum absolute atomic E-state index is 13.2. The van der Waals surface area contributed by atoms with Crippen molar-refractivity contribution >= 4 is 23.2 Å². The lowest BCUT2D eigenvalue weighted by Gasteiger charge is -2.05. The molecule has 1 aromatic heterocycles. The molecule has 0 saturated carbocycles. The molecular formula is C10H6ClFN4O2. The Balaban J connectivity index is 2.73. The molecule has 0 aliphatic carbocycles.